The second-order valence-electron chi connectivity index (χ2n) is 5.70. The molecule has 0 N–H and O–H groups in total. The number of sulfonamides is 1. The molecule has 132 valence electrons. The second-order valence-corrected chi connectivity index (χ2v) is 7.30. The summed E-state index contributed by atoms with van der Waals surface area (Å²) in [7, 11) is -3.91. The molecular weight excluding hydrogens is 343 g/mol. The molecule has 25 heavy (non-hydrogen) atoms. The van der Waals surface area contributed by atoms with Gasteiger partial charge in [-0.25, -0.2) is 4.39 Å². The molecule has 0 spiro atoms. The summed E-state index contributed by atoms with van der Waals surface area (Å²) in [6.07, 6.45) is 0.404. The van der Waals surface area contributed by atoms with Crippen molar-refractivity contribution in [3.8, 4) is 0 Å². The minimum atomic E-state index is -3.91. The van der Waals surface area contributed by atoms with Crippen LogP contribution in [-0.2, 0) is 21.2 Å². The SMILES string of the molecule is O=S(=O)(/N=C(/Cc1ccccc1)N1CCOCC1)c1ccc(F)cc1. The Morgan fingerprint density at radius 3 is 2.32 bits per heavy atom. The number of morpholine rings is 1. The van der Waals surface area contributed by atoms with Crippen LogP contribution in [0.4, 0.5) is 4.39 Å². The first-order chi connectivity index (χ1) is 12.0. The van der Waals surface area contributed by atoms with Gasteiger partial charge >= 0.3 is 0 Å². The van der Waals surface area contributed by atoms with Crippen molar-refractivity contribution in [3.05, 3.63) is 66.0 Å². The number of amidine groups is 1. The van der Waals surface area contributed by atoms with Crippen LogP contribution >= 0.6 is 0 Å². The van der Waals surface area contributed by atoms with Crippen molar-refractivity contribution in [1.29, 1.82) is 0 Å². The molecule has 7 heteroatoms. The molecule has 1 heterocycles. The number of benzene rings is 2. The maximum atomic E-state index is 13.1. The first-order valence-corrected chi connectivity index (χ1v) is 9.45. The molecule has 0 radical (unpaired) electrons. The highest BCUT2D eigenvalue weighted by Crippen LogP contribution is 2.16. The summed E-state index contributed by atoms with van der Waals surface area (Å²) >= 11 is 0. The average Bonchev–Trinajstić information content (AvgIpc) is 2.63. The topological polar surface area (TPSA) is 59.0 Å². The van der Waals surface area contributed by atoms with Crippen molar-refractivity contribution in [2.75, 3.05) is 26.3 Å². The number of rotatable bonds is 4. The fraction of sp³-hybridized carbons (Fsp3) is 0.278. The van der Waals surface area contributed by atoms with Crippen LogP contribution in [0, 0.1) is 5.82 Å². The molecule has 0 amide bonds. The van der Waals surface area contributed by atoms with Crippen LogP contribution in [0.2, 0.25) is 0 Å². The molecule has 2 aromatic carbocycles. The summed E-state index contributed by atoms with van der Waals surface area (Å²) in [6, 6.07) is 14.3. The normalized spacial score (nSPS) is 16.0. The van der Waals surface area contributed by atoms with Gasteiger partial charge < -0.3 is 9.64 Å². The number of nitrogens with zero attached hydrogens (tertiary/aromatic N) is 2. The second kappa shape index (κ2) is 7.76. The minimum Gasteiger partial charge on any atom is -0.378 e. The molecule has 1 aliphatic heterocycles. The largest absolute Gasteiger partial charge is 0.378 e. The molecule has 1 saturated heterocycles. The smallest absolute Gasteiger partial charge is 0.283 e. The highest BCUT2D eigenvalue weighted by Gasteiger charge is 2.20. The summed E-state index contributed by atoms with van der Waals surface area (Å²) in [5, 5.41) is 0. The van der Waals surface area contributed by atoms with Crippen LogP contribution in [0.3, 0.4) is 0 Å². The van der Waals surface area contributed by atoms with Gasteiger partial charge in [0, 0.05) is 19.5 Å². The highest BCUT2D eigenvalue weighted by molar-refractivity contribution is 7.90. The van der Waals surface area contributed by atoms with Gasteiger partial charge in [0.25, 0.3) is 10.0 Å². The van der Waals surface area contributed by atoms with E-state index in [9.17, 15) is 12.8 Å². The van der Waals surface area contributed by atoms with Crippen LogP contribution in [0.5, 0.6) is 0 Å². The maximum Gasteiger partial charge on any atom is 0.283 e. The zero-order valence-corrected chi connectivity index (χ0v) is 14.5. The molecule has 0 aromatic heterocycles. The molecule has 0 aliphatic carbocycles. The maximum absolute atomic E-state index is 13.1. The fourth-order valence-corrected chi connectivity index (χ4v) is 3.64. The molecular formula is C18H19FN2O3S. The van der Waals surface area contributed by atoms with Gasteiger partial charge in [0.05, 0.1) is 18.1 Å². The third-order valence-corrected chi connectivity index (χ3v) is 5.24. The van der Waals surface area contributed by atoms with Gasteiger partial charge in [0.15, 0.2) is 0 Å². The first-order valence-electron chi connectivity index (χ1n) is 8.01. The lowest BCUT2D eigenvalue weighted by Gasteiger charge is -2.29. The van der Waals surface area contributed by atoms with Crippen LogP contribution in [0.15, 0.2) is 63.9 Å². The van der Waals surface area contributed by atoms with Gasteiger partial charge in [0.1, 0.15) is 11.7 Å². The third kappa shape index (κ3) is 4.64. The van der Waals surface area contributed by atoms with E-state index >= 15 is 0 Å². The summed E-state index contributed by atoms with van der Waals surface area (Å²) < 4.78 is 47.7. The van der Waals surface area contributed by atoms with Crippen LogP contribution in [0.25, 0.3) is 0 Å². The Morgan fingerprint density at radius 2 is 1.68 bits per heavy atom. The van der Waals surface area contributed by atoms with Gasteiger partial charge in [0.2, 0.25) is 0 Å². The molecule has 0 saturated carbocycles. The van der Waals surface area contributed by atoms with Gasteiger partial charge in [-0.15, -0.1) is 4.40 Å². The van der Waals surface area contributed by atoms with E-state index in [-0.39, 0.29) is 4.90 Å². The Balaban J connectivity index is 1.94. The number of hydrogen-bond donors (Lipinski definition) is 0. The van der Waals surface area contributed by atoms with Crippen molar-refractivity contribution < 1.29 is 17.5 Å². The quantitative estimate of drug-likeness (QED) is 0.619. The highest BCUT2D eigenvalue weighted by atomic mass is 32.2. The van der Waals surface area contributed by atoms with Gasteiger partial charge in [-0.2, -0.15) is 8.42 Å². The molecule has 5 nitrogen and oxygen atoms in total. The van der Waals surface area contributed by atoms with E-state index in [0.29, 0.717) is 38.6 Å². The number of hydrogen-bond acceptors (Lipinski definition) is 3. The minimum absolute atomic E-state index is 0.0206. The van der Waals surface area contributed by atoms with Crippen molar-refractivity contribution in [1.82, 2.24) is 4.90 Å². The summed E-state index contributed by atoms with van der Waals surface area (Å²) in [5.41, 5.74) is 0.974. The number of halogens is 1. The van der Waals surface area contributed by atoms with Crippen LogP contribution in [0.1, 0.15) is 5.56 Å². The molecule has 0 unspecified atom stereocenters. The Labute approximate surface area is 146 Å². The van der Waals surface area contributed by atoms with Gasteiger partial charge in [-0.05, 0) is 29.8 Å². The Kier molecular flexibility index (Phi) is 5.45. The lowest BCUT2D eigenvalue weighted by molar-refractivity contribution is 0.0675. The predicted molar refractivity (Wildman–Crippen MR) is 93.6 cm³/mol. The Hall–Kier alpha value is -2.25. The van der Waals surface area contributed by atoms with E-state index in [0.717, 1.165) is 17.7 Å². The predicted octanol–water partition coefficient (Wildman–Crippen LogP) is 2.49. The molecule has 1 fully saturated rings. The summed E-state index contributed by atoms with van der Waals surface area (Å²) in [6.45, 7) is 2.24. The molecule has 1 aliphatic rings. The molecule has 3 rings (SSSR count). The lowest BCUT2D eigenvalue weighted by Crippen LogP contribution is -2.42. The van der Waals surface area contributed by atoms with Crippen LogP contribution in [-0.4, -0.2) is 45.5 Å². The summed E-state index contributed by atoms with van der Waals surface area (Å²) in [5.74, 6) is -0.0144. The lowest BCUT2D eigenvalue weighted by atomic mass is 10.1. The molecule has 0 bridgehead atoms. The fourth-order valence-electron chi connectivity index (χ4n) is 2.60. The van der Waals surface area contributed by atoms with Gasteiger partial charge in [-0.1, -0.05) is 30.3 Å². The van der Waals surface area contributed by atoms with E-state index < -0.39 is 15.8 Å². The average molecular weight is 362 g/mol. The molecule has 0 atom stereocenters. The van der Waals surface area contributed by atoms with E-state index in [1.165, 1.54) is 12.1 Å². The van der Waals surface area contributed by atoms with Crippen molar-refractivity contribution in [3.63, 3.8) is 0 Å². The Morgan fingerprint density at radius 1 is 1.04 bits per heavy atom. The Bertz CT molecular complexity index is 830. The zero-order chi connectivity index (χ0) is 17.7. The molecule has 2 aromatic rings. The third-order valence-electron chi connectivity index (χ3n) is 3.92. The van der Waals surface area contributed by atoms with Gasteiger partial charge in [-0.3, -0.25) is 0 Å². The summed E-state index contributed by atoms with van der Waals surface area (Å²) in [4.78, 5) is 1.91. The van der Waals surface area contributed by atoms with Crippen LogP contribution < -0.4 is 0 Å². The first kappa shape index (κ1) is 17.6. The van der Waals surface area contributed by atoms with E-state index in [4.69, 9.17) is 4.74 Å². The van der Waals surface area contributed by atoms with Crippen molar-refractivity contribution >= 4 is 15.9 Å². The van der Waals surface area contributed by atoms with Crippen molar-refractivity contribution in [2.45, 2.75) is 11.3 Å². The van der Waals surface area contributed by atoms with E-state index in [2.05, 4.69) is 4.40 Å². The zero-order valence-electron chi connectivity index (χ0n) is 13.6. The number of ether oxygens (including phenoxy) is 1. The van der Waals surface area contributed by atoms with E-state index in [1.807, 2.05) is 35.2 Å². The van der Waals surface area contributed by atoms with E-state index in [1.54, 1.807) is 0 Å². The monoisotopic (exact) mass is 362 g/mol. The standard InChI is InChI=1S/C18H19FN2O3S/c19-16-6-8-17(9-7-16)25(22,23)20-18(21-10-12-24-13-11-21)14-15-4-2-1-3-5-15/h1-9H,10-14H2/b20-18-. The van der Waals surface area contributed by atoms with Crippen molar-refractivity contribution in [2.24, 2.45) is 4.40 Å².